The topological polar surface area (TPSA) is 35.0 Å². The van der Waals surface area contributed by atoms with E-state index in [9.17, 15) is 0 Å². The minimum atomic E-state index is 0.00695. The Labute approximate surface area is 147 Å². The summed E-state index contributed by atoms with van der Waals surface area (Å²) in [6.45, 7) is 2.05. The SMILES string of the molecule is C[C@H](Oc1ccc(-c2cnc3ccccc3n2)cc1)c1ccccc1. The molecule has 0 aliphatic rings. The van der Waals surface area contributed by atoms with Gasteiger partial charge in [0.05, 0.1) is 22.9 Å². The number of hydrogen-bond donors (Lipinski definition) is 0. The number of fused-ring (bicyclic) bond motifs is 1. The first kappa shape index (κ1) is 15.3. The number of para-hydroxylation sites is 2. The van der Waals surface area contributed by atoms with Crippen LogP contribution in [-0.2, 0) is 0 Å². The van der Waals surface area contributed by atoms with Gasteiger partial charge >= 0.3 is 0 Å². The Balaban J connectivity index is 1.55. The van der Waals surface area contributed by atoms with Gasteiger partial charge in [-0.2, -0.15) is 0 Å². The highest BCUT2D eigenvalue weighted by Gasteiger charge is 2.07. The smallest absolute Gasteiger partial charge is 0.121 e. The van der Waals surface area contributed by atoms with Gasteiger partial charge in [-0.3, -0.25) is 4.98 Å². The zero-order valence-electron chi connectivity index (χ0n) is 14.0. The first-order chi connectivity index (χ1) is 12.3. The molecule has 4 aromatic rings. The standard InChI is InChI=1S/C22H18N2O/c1-16(17-7-3-2-4-8-17)25-19-13-11-18(12-14-19)22-15-23-20-9-5-6-10-21(20)24-22/h2-16H,1H3/t16-/m0/s1. The van der Waals surface area contributed by atoms with Gasteiger partial charge in [-0.25, -0.2) is 4.98 Å². The van der Waals surface area contributed by atoms with E-state index in [1.165, 1.54) is 0 Å². The van der Waals surface area contributed by atoms with E-state index in [1.807, 2.05) is 72.9 Å². The largest absolute Gasteiger partial charge is 0.486 e. The number of rotatable bonds is 4. The normalized spacial score (nSPS) is 12.0. The second kappa shape index (κ2) is 6.73. The molecule has 1 atom stereocenters. The molecule has 0 saturated heterocycles. The van der Waals surface area contributed by atoms with Crippen LogP contribution in [0.15, 0.2) is 85.1 Å². The minimum Gasteiger partial charge on any atom is -0.486 e. The molecule has 0 fully saturated rings. The van der Waals surface area contributed by atoms with Gasteiger partial charge in [0.2, 0.25) is 0 Å². The predicted octanol–water partition coefficient (Wildman–Crippen LogP) is 5.44. The fourth-order valence-electron chi connectivity index (χ4n) is 2.80. The molecule has 0 saturated carbocycles. The highest BCUT2D eigenvalue weighted by molar-refractivity contribution is 5.76. The molecule has 0 spiro atoms. The summed E-state index contributed by atoms with van der Waals surface area (Å²) >= 11 is 0. The van der Waals surface area contributed by atoms with Crippen molar-refractivity contribution in [2.75, 3.05) is 0 Å². The van der Waals surface area contributed by atoms with E-state index in [1.54, 1.807) is 0 Å². The number of nitrogens with zero attached hydrogens (tertiary/aromatic N) is 2. The number of aromatic nitrogens is 2. The maximum atomic E-state index is 6.03. The molecule has 0 radical (unpaired) electrons. The van der Waals surface area contributed by atoms with Gasteiger partial charge < -0.3 is 4.74 Å². The van der Waals surface area contributed by atoms with Crippen LogP contribution in [0.3, 0.4) is 0 Å². The third kappa shape index (κ3) is 3.36. The summed E-state index contributed by atoms with van der Waals surface area (Å²) in [7, 11) is 0. The summed E-state index contributed by atoms with van der Waals surface area (Å²) in [5, 5.41) is 0. The molecule has 0 amide bonds. The molecular formula is C22H18N2O. The van der Waals surface area contributed by atoms with Gasteiger partial charge in [-0.05, 0) is 48.9 Å². The lowest BCUT2D eigenvalue weighted by Crippen LogP contribution is -2.02. The summed E-state index contributed by atoms with van der Waals surface area (Å²) < 4.78 is 6.03. The summed E-state index contributed by atoms with van der Waals surface area (Å²) in [4.78, 5) is 9.15. The third-order valence-electron chi connectivity index (χ3n) is 4.18. The van der Waals surface area contributed by atoms with E-state index in [0.717, 1.165) is 33.6 Å². The van der Waals surface area contributed by atoms with Crippen molar-refractivity contribution in [3.63, 3.8) is 0 Å². The molecular weight excluding hydrogens is 308 g/mol. The minimum absolute atomic E-state index is 0.00695. The number of hydrogen-bond acceptors (Lipinski definition) is 3. The van der Waals surface area contributed by atoms with E-state index >= 15 is 0 Å². The van der Waals surface area contributed by atoms with Crippen molar-refractivity contribution in [3.8, 4) is 17.0 Å². The summed E-state index contributed by atoms with van der Waals surface area (Å²) in [6, 6.07) is 26.1. The van der Waals surface area contributed by atoms with Crippen molar-refractivity contribution >= 4 is 11.0 Å². The molecule has 0 N–H and O–H groups in total. The fraction of sp³-hybridized carbons (Fsp3) is 0.0909. The zero-order valence-corrected chi connectivity index (χ0v) is 14.0. The van der Waals surface area contributed by atoms with Crippen molar-refractivity contribution in [1.29, 1.82) is 0 Å². The quantitative estimate of drug-likeness (QED) is 0.501. The van der Waals surface area contributed by atoms with Crippen LogP contribution in [0.1, 0.15) is 18.6 Å². The summed E-state index contributed by atoms with van der Waals surface area (Å²) in [5.74, 6) is 0.842. The van der Waals surface area contributed by atoms with Gasteiger partial charge in [-0.1, -0.05) is 42.5 Å². The van der Waals surface area contributed by atoms with Gasteiger partial charge in [0.1, 0.15) is 11.9 Å². The molecule has 3 heteroatoms. The van der Waals surface area contributed by atoms with Crippen molar-refractivity contribution in [1.82, 2.24) is 9.97 Å². The Morgan fingerprint density at radius 1 is 0.760 bits per heavy atom. The average Bonchev–Trinajstić information content (AvgIpc) is 2.69. The summed E-state index contributed by atoms with van der Waals surface area (Å²) in [5.41, 5.74) is 4.85. The summed E-state index contributed by atoms with van der Waals surface area (Å²) in [6.07, 6.45) is 1.82. The van der Waals surface area contributed by atoms with Crippen LogP contribution in [0.25, 0.3) is 22.3 Å². The Morgan fingerprint density at radius 2 is 1.44 bits per heavy atom. The average molecular weight is 326 g/mol. The van der Waals surface area contributed by atoms with Gasteiger partial charge in [0, 0.05) is 5.56 Å². The van der Waals surface area contributed by atoms with Crippen LogP contribution in [0, 0.1) is 0 Å². The van der Waals surface area contributed by atoms with Crippen LogP contribution in [0.5, 0.6) is 5.75 Å². The van der Waals surface area contributed by atoms with Crippen LogP contribution >= 0.6 is 0 Å². The monoisotopic (exact) mass is 326 g/mol. The van der Waals surface area contributed by atoms with E-state index in [-0.39, 0.29) is 6.10 Å². The molecule has 0 unspecified atom stereocenters. The molecule has 0 aliphatic carbocycles. The lowest BCUT2D eigenvalue weighted by molar-refractivity contribution is 0.227. The number of ether oxygens (including phenoxy) is 1. The van der Waals surface area contributed by atoms with Crippen LogP contribution in [-0.4, -0.2) is 9.97 Å². The van der Waals surface area contributed by atoms with Crippen LogP contribution in [0.2, 0.25) is 0 Å². The zero-order chi connectivity index (χ0) is 17.1. The molecule has 0 bridgehead atoms. The Hall–Kier alpha value is -3.20. The highest BCUT2D eigenvalue weighted by atomic mass is 16.5. The molecule has 122 valence electrons. The van der Waals surface area contributed by atoms with E-state index in [0.29, 0.717) is 0 Å². The Morgan fingerprint density at radius 3 is 2.20 bits per heavy atom. The molecule has 4 rings (SSSR count). The van der Waals surface area contributed by atoms with Gasteiger partial charge in [0.15, 0.2) is 0 Å². The highest BCUT2D eigenvalue weighted by Crippen LogP contribution is 2.25. The van der Waals surface area contributed by atoms with Crippen molar-refractivity contribution in [2.45, 2.75) is 13.0 Å². The van der Waals surface area contributed by atoms with Gasteiger partial charge in [0.25, 0.3) is 0 Å². The molecule has 3 aromatic carbocycles. The van der Waals surface area contributed by atoms with Crippen molar-refractivity contribution < 1.29 is 4.74 Å². The third-order valence-corrected chi connectivity index (χ3v) is 4.18. The van der Waals surface area contributed by atoms with E-state index in [4.69, 9.17) is 4.74 Å². The van der Waals surface area contributed by atoms with E-state index in [2.05, 4.69) is 29.0 Å². The lowest BCUT2D eigenvalue weighted by Gasteiger charge is -2.15. The van der Waals surface area contributed by atoms with E-state index < -0.39 is 0 Å². The number of benzene rings is 3. The Kier molecular flexibility index (Phi) is 4.13. The predicted molar refractivity (Wildman–Crippen MR) is 100 cm³/mol. The Bertz CT molecular complexity index is 981. The fourth-order valence-corrected chi connectivity index (χ4v) is 2.80. The second-order valence-corrected chi connectivity index (χ2v) is 5.94. The molecule has 0 aliphatic heterocycles. The van der Waals surface area contributed by atoms with Gasteiger partial charge in [-0.15, -0.1) is 0 Å². The molecule has 3 nitrogen and oxygen atoms in total. The molecule has 1 aromatic heterocycles. The first-order valence-corrected chi connectivity index (χ1v) is 8.33. The van der Waals surface area contributed by atoms with Crippen molar-refractivity contribution in [3.05, 3.63) is 90.6 Å². The first-order valence-electron chi connectivity index (χ1n) is 8.33. The maximum absolute atomic E-state index is 6.03. The van der Waals surface area contributed by atoms with Crippen LogP contribution < -0.4 is 4.74 Å². The lowest BCUT2D eigenvalue weighted by atomic mass is 10.1. The van der Waals surface area contributed by atoms with Crippen molar-refractivity contribution in [2.24, 2.45) is 0 Å². The van der Waals surface area contributed by atoms with Crippen LogP contribution in [0.4, 0.5) is 0 Å². The second-order valence-electron chi connectivity index (χ2n) is 5.94. The maximum Gasteiger partial charge on any atom is 0.121 e. The molecule has 25 heavy (non-hydrogen) atoms. The molecule has 1 heterocycles.